The molecule has 1 aromatic heterocycles. The van der Waals surface area contributed by atoms with Crippen LogP contribution in [0.25, 0.3) is 5.69 Å². The number of amides is 2. The summed E-state index contributed by atoms with van der Waals surface area (Å²) in [4.78, 5) is 29.4. The summed E-state index contributed by atoms with van der Waals surface area (Å²) in [6.07, 6.45) is 10.4. The zero-order chi connectivity index (χ0) is 19.8. The number of hydrogen-bond acceptors (Lipinski definition) is 4. The molecule has 1 aromatic carbocycles. The molecule has 7 heteroatoms. The van der Waals surface area contributed by atoms with Crippen molar-refractivity contribution in [1.82, 2.24) is 20.1 Å². The van der Waals surface area contributed by atoms with Gasteiger partial charge in [0.25, 0.3) is 0 Å². The summed E-state index contributed by atoms with van der Waals surface area (Å²) in [5.74, 6) is 2.27. The van der Waals surface area contributed by atoms with Gasteiger partial charge in [-0.25, -0.2) is 9.67 Å². The quantitative estimate of drug-likeness (QED) is 0.790. The first-order chi connectivity index (χ1) is 14.1. The van der Waals surface area contributed by atoms with E-state index in [4.69, 9.17) is 0 Å². The third kappa shape index (κ3) is 3.54. The van der Waals surface area contributed by atoms with Crippen LogP contribution in [0.3, 0.4) is 0 Å². The number of benzene rings is 1. The van der Waals surface area contributed by atoms with Crippen molar-refractivity contribution in [1.29, 1.82) is 0 Å². The first-order valence-corrected chi connectivity index (χ1v) is 10.6. The number of aromatic nitrogens is 3. The Morgan fingerprint density at radius 3 is 2.41 bits per heavy atom. The predicted molar refractivity (Wildman–Crippen MR) is 108 cm³/mol. The highest BCUT2D eigenvalue weighted by atomic mass is 16.2. The molecule has 4 saturated carbocycles. The molecule has 2 N–H and O–H groups in total. The maximum Gasteiger partial charge on any atom is 0.226 e. The van der Waals surface area contributed by atoms with Crippen molar-refractivity contribution in [2.75, 3.05) is 11.9 Å². The average Bonchev–Trinajstić information content (AvgIpc) is 3.22. The van der Waals surface area contributed by atoms with Gasteiger partial charge in [0.2, 0.25) is 11.8 Å². The SMILES string of the molecule is O=C(CCNC(=O)C12CC3CC(CC(C3)C1)C2)Nc1ccccc1-n1cncn1. The molecule has 4 bridgehead atoms. The van der Waals surface area contributed by atoms with Crippen LogP contribution >= 0.6 is 0 Å². The fourth-order valence-corrected chi connectivity index (χ4v) is 6.19. The fraction of sp³-hybridized carbons (Fsp3) is 0.545. The Hall–Kier alpha value is -2.70. The van der Waals surface area contributed by atoms with Crippen molar-refractivity contribution in [2.24, 2.45) is 23.2 Å². The van der Waals surface area contributed by atoms with Crippen molar-refractivity contribution in [3.63, 3.8) is 0 Å². The van der Waals surface area contributed by atoms with Crippen molar-refractivity contribution in [3.8, 4) is 5.69 Å². The Morgan fingerprint density at radius 2 is 1.76 bits per heavy atom. The smallest absolute Gasteiger partial charge is 0.226 e. The van der Waals surface area contributed by atoms with E-state index in [1.807, 2.05) is 24.3 Å². The van der Waals surface area contributed by atoms with Gasteiger partial charge < -0.3 is 10.6 Å². The summed E-state index contributed by atoms with van der Waals surface area (Å²) in [6, 6.07) is 7.46. The third-order valence-electron chi connectivity index (χ3n) is 7.00. The molecule has 0 radical (unpaired) electrons. The van der Waals surface area contributed by atoms with Gasteiger partial charge in [0.05, 0.1) is 11.4 Å². The van der Waals surface area contributed by atoms with E-state index < -0.39 is 0 Å². The fourth-order valence-electron chi connectivity index (χ4n) is 6.19. The third-order valence-corrected chi connectivity index (χ3v) is 7.00. The molecule has 2 amide bonds. The maximum absolute atomic E-state index is 13.0. The van der Waals surface area contributed by atoms with Crippen LogP contribution in [0.2, 0.25) is 0 Å². The molecule has 0 saturated heterocycles. The largest absolute Gasteiger partial charge is 0.355 e. The second-order valence-electron chi connectivity index (χ2n) is 9.11. The van der Waals surface area contributed by atoms with Gasteiger partial charge in [-0.05, 0) is 68.4 Å². The Labute approximate surface area is 170 Å². The van der Waals surface area contributed by atoms with Crippen molar-refractivity contribution in [2.45, 2.75) is 44.9 Å². The van der Waals surface area contributed by atoms with E-state index in [0.717, 1.165) is 42.7 Å². The van der Waals surface area contributed by atoms with Crippen LogP contribution in [0.1, 0.15) is 44.9 Å². The van der Waals surface area contributed by atoms with Gasteiger partial charge in [-0.1, -0.05) is 12.1 Å². The molecule has 29 heavy (non-hydrogen) atoms. The highest BCUT2D eigenvalue weighted by Crippen LogP contribution is 2.60. The molecule has 7 nitrogen and oxygen atoms in total. The normalized spacial score (nSPS) is 29.6. The van der Waals surface area contributed by atoms with E-state index in [1.54, 1.807) is 11.0 Å². The number of para-hydroxylation sites is 2. The van der Waals surface area contributed by atoms with Crippen LogP contribution in [-0.4, -0.2) is 33.1 Å². The van der Waals surface area contributed by atoms with Crippen molar-refractivity contribution < 1.29 is 9.59 Å². The van der Waals surface area contributed by atoms with Crippen LogP contribution in [0.5, 0.6) is 0 Å². The Balaban J connectivity index is 1.16. The van der Waals surface area contributed by atoms with Gasteiger partial charge in [0.15, 0.2) is 0 Å². The lowest BCUT2D eigenvalue weighted by molar-refractivity contribution is -0.146. The monoisotopic (exact) mass is 393 g/mol. The number of hydrogen-bond donors (Lipinski definition) is 2. The number of rotatable bonds is 6. The van der Waals surface area contributed by atoms with E-state index in [-0.39, 0.29) is 23.7 Å². The summed E-state index contributed by atoms with van der Waals surface area (Å²) < 4.78 is 1.62. The lowest BCUT2D eigenvalue weighted by atomic mass is 9.49. The average molecular weight is 393 g/mol. The second kappa shape index (κ2) is 7.28. The zero-order valence-corrected chi connectivity index (χ0v) is 16.5. The Kier molecular flexibility index (Phi) is 4.60. The van der Waals surface area contributed by atoms with Crippen LogP contribution in [0, 0.1) is 23.2 Å². The maximum atomic E-state index is 13.0. The first kappa shape index (κ1) is 18.3. The van der Waals surface area contributed by atoms with Gasteiger partial charge in [0.1, 0.15) is 12.7 Å². The van der Waals surface area contributed by atoms with Crippen LogP contribution in [-0.2, 0) is 9.59 Å². The van der Waals surface area contributed by atoms with Crippen LogP contribution < -0.4 is 10.6 Å². The topological polar surface area (TPSA) is 88.9 Å². The van der Waals surface area contributed by atoms with Gasteiger partial charge in [0, 0.05) is 18.4 Å². The lowest BCUT2D eigenvalue weighted by Crippen LogP contribution is -2.53. The van der Waals surface area contributed by atoms with Crippen molar-refractivity contribution >= 4 is 17.5 Å². The zero-order valence-electron chi connectivity index (χ0n) is 16.5. The van der Waals surface area contributed by atoms with Crippen molar-refractivity contribution in [3.05, 3.63) is 36.9 Å². The van der Waals surface area contributed by atoms with Crippen LogP contribution in [0.15, 0.2) is 36.9 Å². The van der Waals surface area contributed by atoms with Gasteiger partial charge in [-0.3, -0.25) is 9.59 Å². The number of carbonyl (C=O) groups excluding carboxylic acids is 2. The molecule has 4 fully saturated rings. The molecular formula is C22H27N5O2. The highest BCUT2D eigenvalue weighted by molar-refractivity contribution is 5.93. The number of carbonyl (C=O) groups is 2. The van der Waals surface area contributed by atoms with E-state index >= 15 is 0 Å². The summed E-state index contributed by atoms with van der Waals surface area (Å²) >= 11 is 0. The molecular weight excluding hydrogens is 366 g/mol. The minimum atomic E-state index is -0.162. The molecule has 4 aliphatic rings. The molecule has 4 aliphatic carbocycles. The Bertz CT molecular complexity index is 872. The highest BCUT2D eigenvalue weighted by Gasteiger charge is 2.54. The number of nitrogens with one attached hydrogen (secondary N) is 2. The minimum Gasteiger partial charge on any atom is -0.355 e. The first-order valence-electron chi connectivity index (χ1n) is 10.6. The van der Waals surface area contributed by atoms with E-state index in [0.29, 0.717) is 12.2 Å². The lowest BCUT2D eigenvalue weighted by Gasteiger charge is -2.55. The molecule has 2 aromatic rings. The summed E-state index contributed by atoms with van der Waals surface area (Å²) in [6.45, 7) is 0.373. The molecule has 6 rings (SSSR count). The number of anilines is 1. The molecule has 0 atom stereocenters. The molecule has 1 heterocycles. The van der Waals surface area contributed by atoms with E-state index in [9.17, 15) is 9.59 Å². The van der Waals surface area contributed by atoms with Gasteiger partial charge >= 0.3 is 0 Å². The second-order valence-corrected chi connectivity index (χ2v) is 9.11. The van der Waals surface area contributed by atoms with E-state index in [1.165, 1.54) is 25.6 Å². The standard InChI is InChI=1S/C22H27N5O2/c28-20(26-18-3-1-2-4-19(18)27-14-23-13-25-27)5-6-24-21(29)22-10-15-7-16(11-22)9-17(8-15)12-22/h1-4,13-17H,5-12H2,(H,24,29)(H,26,28). The number of nitrogens with zero attached hydrogens (tertiary/aromatic N) is 3. The predicted octanol–water partition coefficient (Wildman–Crippen LogP) is 2.93. The minimum absolute atomic E-state index is 0.122. The van der Waals surface area contributed by atoms with Gasteiger partial charge in [-0.15, -0.1) is 0 Å². The summed E-state index contributed by atoms with van der Waals surface area (Å²) in [5, 5.41) is 10.1. The molecule has 0 spiro atoms. The molecule has 0 unspecified atom stereocenters. The van der Waals surface area contributed by atoms with E-state index in [2.05, 4.69) is 20.7 Å². The summed E-state index contributed by atoms with van der Waals surface area (Å²) in [7, 11) is 0. The van der Waals surface area contributed by atoms with Gasteiger partial charge in [-0.2, -0.15) is 5.10 Å². The molecule has 0 aliphatic heterocycles. The molecule has 152 valence electrons. The Morgan fingerprint density at radius 1 is 1.07 bits per heavy atom. The summed E-state index contributed by atoms with van der Waals surface area (Å²) in [5.41, 5.74) is 1.27. The van der Waals surface area contributed by atoms with Crippen LogP contribution in [0.4, 0.5) is 5.69 Å².